The van der Waals surface area contributed by atoms with E-state index in [1.165, 1.54) is 0 Å². The van der Waals surface area contributed by atoms with Gasteiger partial charge in [-0.3, -0.25) is 0 Å². The maximum absolute atomic E-state index is 16.6. The molecule has 0 radical (unpaired) electrons. The second-order valence-corrected chi connectivity index (χ2v) is 25.3. The summed E-state index contributed by atoms with van der Waals surface area (Å²) in [6, 6.07) is 0. The molecule has 28 heteroatoms. The van der Waals surface area contributed by atoms with Crippen molar-refractivity contribution >= 4 is 17.3 Å². The third kappa shape index (κ3) is 6.92. The molecule has 6 aliphatic rings. The molecular formula is C42H42F21O6Pr. The molecule has 0 unspecified atom stereocenters. The van der Waals surface area contributed by atoms with Crippen LogP contribution >= 0.6 is 0 Å². The molecule has 396 valence electrons. The normalized spacial score (nSPS) is 33.3. The summed E-state index contributed by atoms with van der Waals surface area (Å²) in [6.07, 6.45) is -25.5. The van der Waals surface area contributed by atoms with Gasteiger partial charge in [0.15, 0.2) is 0 Å². The summed E-state index contributed by atoms with van der Waals surface area (Å²) in [7, 11) is 0. The van der Waals surface area contributed by atoms with E-state index in [9.17, 15) is 53.9 Å². The Bertz CT molecular complexity index is 2260. The van der Waals surface area contributed by atoms with Crippen molar-refractivity contribution in [3.8, 4) is 0 Å². The SMILES string of the molecule is CC1(C)[C@@H]2CC[C@@]1(C)/C(=C(/[O][Pr]([O]/C(=C1\C(=O)[C@@]3(C)CC[C@@H]1C3(C)C)C(F)(F)C(F)(F)C(F)(F)F)[O]/C(=C1\C(=O)[C@H]3CC[C@]1(C)C3(C)C)C(F)(F)C(F)(F)C(F)(F)F)C(F)(F)C(F)(F)C(F)(F)F)C2=O. The fourth-order valence-electron chi connectivity index (χ4n) is 11.8. The van der Waals surface area contributed by atoms with Crippen LogP contribution in [-0.4, -0.2) is 71.4 Å². The number of hydrogen-bond donors (Lipinski definition) is 0. The van der Waals surface area contributed by atoms with Crippen molar-refractivity contribution in [3.05, 3.63) is 34.0 Å². The zero-order chi connectivity index (χ0) is 54.4. The van der Waals surface area contributed by atoms with Gasteiger partial charge in [-0.25, -0.2) is 0 Å². The third-order valence-corrected chi connectivity index (χ3v) is 21.6. The van der Waals surface area contributed by atoms with Crippen molar-refractivity contribution in [1.82, 2.24) is 0 Å². The van der Waals surface area contributed by atoms with Crippen molar-refractivity contribution < 1.29 is 146 Å². The Hall–Kier alpha value is -2.48. The molecule has 0 spiro atoms. The summed E-state index contributed by atoms with van der Waals surface area (Å²) in [5.74, 6) is -65.3. The number of ketones is 3. The number of halogens is 21. The van der Waals surface area contributed by atoms with Gasteiger partial charge in [0.1, 0.15) is 0 Å². The van der Waals surface area contributed by atoms with Crippen LogP contribution in [0.3, 0.4) is 0 Å². The van der Waals surface area contributed by atoms with Crippen molar-refractivity contribution in [2.75, 3.05) is 0 Å². The van der Waals surface area contributed by atoms with Crippen LogP contribution in [-0.2, 0) is 17.4 Å². The van der Waals surface area contributed by atoms with Crippen LogP contribution in [0.1, 0.15) is 101 Å². The van der Waals surface area contributed by atoms with Gasteiger partial charge in [0.2, 0.25) is 0 Å². The molecule has 0 aromatic heterocycles. The van der Waals surface area contributed by atoms with Gasteiger partial charge in [-0.05, 0) is 0 Å². The second kappa shape index (κ2) is 15.6. The number of carbonyl (C=O) groups excluding carboxylic acids is 3. The molecule has 70 heavy (non-hydrogen) atoms. The molecule has 6 bridgehead atoms. The Balaban J connectivity index is 1.80. The summed E-state index contributed by atoms with van der Waals surface area (Å²) in [4.78, 5) is 41.9. The summed E-state index contributed by atoms with van der Waals surface area (Å²) in [6.45, 7) is 8.80. The van der Waals surface area contributed by atoms with Gasteiger partial charge in [0.05, 0.1) is 0 Å². The van der Waals surface area contributed by atoms with Gasteiger partial charge in [0, 0.05) is 0 Å². The van der Waals surface area contributed by atoms with Crippen LogP contribution in [0.2, 0.25) is 0 Å². The molecule has 0 N–H and O–H groups in total. The van der Waals surface area contributed by atoms with Crippen molar-refractivity contribution in [2.45, 2.75) is 155 Å². The molecule has 0 aromatic carbocycles. The van der Waals surface area contributed by atoms with Crippen LogP contribution in [0.15, 0.2) is 34.0 Å². The molecule has 6 aliphatic carbocycles. The number of hydrogen-bond acceptors (Lipinski definition) is 6. The van der Waals surface area contributed by atoms with E-state index in [2.05, 4.69) is 0 Å². The Kier molecular flexibility index (Phi) is 12.6. The average molecular weight is 1180 g/mol. The number of alkyl halides is 21. The fourth-order valence-corrected chi connectivity index (χ4v) is 16.7. The third-order valence-electron chi connectivity index (χ3n) is 17.5. The zero-order valence-corrected chi connectivity index (χ0v) is 41.6. The molecule has 6 nitrogen and oxygen atoms in total. The maximum atomic E-state index is 16.6. The van der Waals surface area contributed by atoms with Crippen molar-refractivity contribution in [2.24, 2.45) is 50.2 Å². The number of allylic oxidation sites excluding steroid dienone is 6. The Morgan fingerprint density at radius 3 is 0.929 bits per heavy atom. The second-order valence-electron chi connectivity index (χ2n) is 21.2. The standard InChI is InChI=1S/3C14H15F7O2.Pr/c2*1-10(2)6-4-5-11(10,3)7(8(6)22)9(23)12(15,16)13(17,18)14(19,20)21;1-10(2)6-4-5-11(10,3)8(22)7(6)9(23)12(15,16)13(17,18)14(19,20)21;/h3*6,23H,4-5H2,1-3H3;/q;;;+3/p-3/b2*9-7+;9-7-;/t3*6-,11+;/m110./s1. The zero-order valence-electron chi connectivity index (χ0n) is 37.9. The van der Waals surface area contributed by atoms with E-state index in [4.69, 9.17) is 3.02 Å². The van der Waals surface area contributed by atoms with E-state index in [0.29, 0.717) is 0 Å². The van der Waals surface area contributed by atoms with Crippen molar-refractivity contribution in [3.63, 3.8) is 0 Å². The summed E-state index contributed by atoms with van der Waals surface area (Å²) in [5.41, 5.74) is -18.4. The summed E-state index contributed by atoms with van der Waals surface area (Å²) < 4.78 is 332. The molecule has 6 fully saturated rings. The minimum absolute atomic E-state index is 0.374. The average Bonchev–Trinajstić information content (AvgIpc) is 3.79. The number of fused-ring (bicyclic) bond motifs is 6. The number of carbonyl (C=O) groups is 3. The minimum atomic E-state index is -8.65. The molecule has 0 amide bonds. The molecule has 0 heterocycles. The van der Waals surface area contributed by atoms with Crippen LogP contribution in [0.4, 0.5) is 92.2 Å². The predicted octanol–water partition coefficient (Wildman–Crippen LogP) is 13.7. The van der Waals surface area contributed by atoms with E-state index in [1.807, 2.05) is 0 Å². The molecule has 0 saturated heterocycles. The molecule has 0 aromatic rings. The van der Waals surface area contributed by atoms with Crippen LogP contribution in [0.25, 0.3) is 0 Å². The summed E-state index contributed by atoms with van der Waals surface area (Å²) >= 11 is -8.65. The monoisotopic (exact) mass is 1180 g/mol. The van der Waals surface area contributed by atoms with Gasteiger partial charge < -0.3 is 0 Å². The van der Waals surface area contributed by atoms with E-state index in [1.54, 1.807) is 0 Å². The number of rotatable bonds is 12. The van der Waals surface area contributed by atoms with Gasteiger partial charge in [-0.15, -0.1) is 0 Å². The molecule has 6 saturated carbocycles. The first-order valence-corrected chi connectivity index (χ1v) is 25.7. The van der Waals surface area contributed by atoms with Gasteiger partial charge in [-0.1, -0.05) is 0 Å². The van der Waals surface area contributed by atoms with Gasteiger partial charge >= 0.3 is 403 Å². The van der Waals surface area contributed by atoms with Crippen LogP contribution in [0, 0.1) is 87.1 Å². The first-order chi connectivity index (χ1) is 30.8. The van der Waals surface area contributed by atoms with Crippen LogP contribution in [0.5, 0.6) is 0 Å². The molecular weight excluding hydrogens is 1140 g/mol. The fraction of sp³-hybridized carbons (Fsp3) is 0.786. The Morgan fingerprint density at radius 2 is 0.671 bits per heavy atom. The first-order valence-electron chi connectivity index (χ1n) is 21.2. The quantitative estimate of drug-likeness (QED) is 0.110. The summed E-state index contributed by atoms with van der Waals surface area (Å²) in [5, 5.41) is 0. The molecule has 6 rings (SSSR count). The van der Waals surface area contributed by atoms with E-state index >= 15 is 52.7 Å². The van der Waals surface area contributed by atoms with Crippen LogP contribution < -0.4 is 0 Å². The van der Waals surface area contributed by atoms with E-state index in [-0.39, 0.29) is 19.3 Å². The first kappa shape index (κ1) is 56.8. The predicted molar refractivity (Wildman–Crippen MR) is 191 cm³/mol. The topological polar surface area (TPSA) is 78.9 Å². The van der Waals surface area contributed by atoms with E-state index < -0.39 is 212 Å². The number of Topliss-reactive ketones (excluding diaryl/α,β-unsaturated/α-hetero) is 3. The molecule has 6 atom stereocenters. The van der Waals surface area contributed by atoms with Gasteiger partial charge in [0.25, 0.3) is 0 Å². The van der Waals surface area contributed by atoms with Gasteiger partial charge in [-0.2, -0.15) is 0 Å². The van der Waals surface area contributed by atoms with E-state index in [0.717, 1.165) is 62.3 Å². The molecule has 0 aliphatic heterocycles. The van der Waals surface area contributed by atoms with Crippen molar-refractivity contribution in [1.29, 1.82) is 0 Å². The Morgan fingerprint density at radius 1 is 0.414 bits per heavy atom. The Labute approximate surface area is 401 Å².